The van der Waals surface area contributed by atoms with E-state index in [0.717, 1.165) is 23.3 Å². The number of rotatable bonds is 3. The van der Waals surface area contributed by atoms with Crippen LogP contribution in [0.1, 0.15) is 27.5 Å². The van der Waals surface area contributed by atoms with Crippen LogP contribution in [-0.2, 0) is 6.54 Å². The highest BCUT2D eigenvalue weighted by Crippen LogP contribution is 2.38. The van der Waals surface area contributed by atoms with E-state index in [4.69, 9.17) is 4.52 Å². The van der Waals surface area contributed by atoms with Crippen LogP contribution in [0, 0.1) is 11.6 Å². The fourth-order valence-electron chi connectivity index (χ4n) is 4.35. The van der Waals surface area contributed by atoms with E-state index >= 15 is 0 Å². The van der Waals surface area contributed by atoms with Gasteiger partial charge in [0.25, 0.3) is 5.91 Å². The molecular weight excluding hydrogens is 431 g/mol. The number of fused-ring (bicyclic) bond motifs is 1. The number of likely N-dealkylation sites (N-methyl/N-ethyl adjacent to an activating group) is 1. The molecule has 1 amide bonds. The summed E-state index contributed by atoms with van der Waals surface area (Å²) in [5.41, 5.74) is 2.41. The summed E-state index contributed by atoms with van der Waals surface area (Å²) in [4.78, 5) is 16.4. The summed E-state index contributed by atoms with van der Waals surface area (Å²) < 4.78 is 47.5. The third-order valence-electron chi connectivity index (χ3n) is 6.03. The predicted octanol–water partition coefficient (Wildman–Crippen LogP) is 5.04. The Hall–Kier alpha value is -3.81. The second kappa shape index (κ2) is 8.27. The molecule has 5 nitrogen and oxygen atoms in total. The lowest BCUT2D eigenvalue weighted by Gasteiger charge is -2.36. The fraction of sp³-hybridized carbons (Fsp3) is 0.200. The molecule has 5 rings (SSSR count). The second-order valence-corrected chi connectivity index (χ2v) is 8.17. The van der Waals surface area contributed by atoms with Gasteiger partial charge in [0, 0.05) is 50.3 Å². The highest BCUT2D eigenvalue weighted by atomic mass is 19.1. The number of nitrogens with zero attached hydrogens (tertiary/aromatic N) is 3. The maximum atomic E-state index is 15.0. The fourth-order valence-corrected chi connectivity index (χ4v) is 4.35. The van der Waals surface area contributed by atoms with Gasteiger partial charge in [-0.2, -0.15) is 4.39 Å². The van der Waals surface area contributed by atoms with Gasteiger partial charge in [0.15, 0.2) is 17.4 Å². The Morgan fingerprint density at radius 3 is 2.76 bits per heavy atom. The SMILES string of the molecule is CN1CC=CC(C2CN(C(=O)c3cc(-c4ccc(F)cc4F)on3)Cc3ccccc32)=C1F. The van der Waals surface area contributed by atoms with Crippen molar-refractivity contribution in [3.05, 3.63) is 101 Å². The van der Waals surface area contributed by atoms with E-state index in [1.807, 2.05) is 30.3 Å². The number of aromatic nitrogens is 1. The van der Waals surface area contributed by atoms with Crippen LogP contribution in [0.3, 0.4) is 0 Å². The Morgan fingerprint density at radius 2 is 1.94 bits per heavy atom. The molecule has 1 unspecified atom stereocenters. The maximum Gasteiger partial charge on any atom is 0.276 e. The highest BCUT2D eigenvalue weighted by molar-refractivity contribution is 5.93. The zero-order valence-electron chi connectivity index (χ0n) is 17.8. The number of carbonyl (C=O) groups is 1. The Morgan fingerprint density at radius 1 is 1.12 bits per heavy atom. The van der Waals surface area contributed by atoms with Gasteiger partial charge in [0.1, 0.15) is 11.6 Å². The Labute approximate surface area is 188 Å². The van der Waals surface area contributed by atoms with Crippen molar-refractivity contribution in [3.63, 3.8) is 0 Å². The summed E-state index contributed by atoms with van der Waals surface area (Å²) in [6.45, 7) is 1.06. The average Bonchev–Trinajstić information content (AvgIpc) is 3.29. The molecule has 0 spiro atoms. The molecule has 0 aliphatic carbocycles. The first kappa shape index (κ1) is 21.1. The minimum absolute atomic E-state index is 0.00221. The summed E-state index contributed by atoms with van der Waals surface area (Å²) in [5.74, 6) is -2.58. The van der Waals surface area contributed by atoms with Crippen LogP contribution in [0.25, 0.3) is 11.3 Å². The van der Waals surface area contributed by atoms with Gasteiger partial charge in [0.2, 0.25) is 0 Å². The van der Waals surface area contributed by atoms with Crippen LogP contribution in [0.15, 0.2) is 76.7 Å². The van der Waals surface area contributed by atoms with E-state index in [0.29, 0.717) is 18.7 Å². The van der Waals surface area contributed by atoms with Crippen molar-refractivity contribution in [1.82, 2.24) is 15.0 Å². The monoisotopic (exact) mass is 451 g/mol. The first-order valence-electron chi connectivity index (χ1n) is 10.5. The summed E-state index contributed by atoms with van der Waals surface area (Å²) >= 11 is 0. The third-order valence-corrected chi connectivity index (χ3v) is 6.03. The van der Waals surface area contributed by atoms with Gasteiger partial charge in [0.05, 0.1) is 5.56 Å². The molecule has 1 atom stereocenters. The van der Waals surface area contributed by atoms with Gasteiger partial charge in [-0.05, 0) is 23.3 Å². The van der Waals surface area contributed by atoms with Crippen molar-refractivity contribution in [2.45, 2.75) is 12.5 Å². The zero-order chi connectivity index (χ0) is 23.1. The van der Waals surface area contributed by atoms with Crippen molar-refractivity contribution in [2.75, 3.05) is 20.1 Å². The van der Waals surface area contributed by atoms with Gasteiger partial charge in [-0.25, -0.2) is 8.78 Å². The second-order valence-electron chi connectivity index (χ2n) is 8.17. The summed E-state index contributed by atoms with van der Waals surface area (Å²) in [6, 6.07) is 12.1. The predicted molar refractivity (Wildman–Crippen MR) is 116 cm³/mol. The molecule has 0 radical (unpaired) electrons. The maximum absolute atomic E-state index is 15.0. The minimum Gasteiger partial charge on any atom is -0.355 e. The first-order valence-corrected chi connectivity index (χ1v) is 10.5. The first-order chi connectivity index (χ1) is 15.9. The van der Waals surface area contributed by atoms with Crippen molar-refractivity contribution < 1.29 is 22.5 Å². The average molecular weight is 451 g/mol. The van der Waals surface area contributed by atoms with E-state index < -0.39 is 17.5 Å². The molecule has 2 aliphatic heterocycles. The molecule has 3 aromatic rings. The van der Waals surface area contributed by atoms with Crippen LogP contribution in [0.5, 0.6) is 0 Å². The van der Waals surface area contributed by atoms with Crippen LogP contribution in [-0.4, -0.2) is 41.0 Å². The third kappa shape index (κ3) is 3.82. The quantitative estimate of drug-likeness (QED) is 0.524. The van der Waals surface area contributed by atoms with Gasteiger partial charge < -0.3 is 14.3 Å². The smallest absolute Gasteiger partial charge is 0.276 e. The van der Waals surface area contributed by atoms with Crippen LogP contribution in [0.4, 0.5) is 13.2 Å². The number of carbonyl (C=O) groups excluding carboxylic acids is 1. The molecule has 1 aromatic heterocycles. The van der Waals surface area contributed by atoms with E-state index in [1.165, 1.54) is 17.0 Å². The van der Waals surface area contributed by atoms with Crippen molar-refractivity contribution in [2.24, 2.45) is 0 Å². The normalized spacial score (nSPS) is 18.0. The number of benzene rings is 2. The van der Waals surface area contributed by atoms with Crippen LogP contribution in [0.2, 0.25) is 0 Å². The summed E-state index contributed by atoms with van der Waals surface area (Å²) in [5, 5.41) is 3.82. The molecular formula is C25H20F3N3O2. The van der Waals surface area contributed by atoms with Gasteiger partial charge in [-0.1, -0.05) is 41.6 Å². The molecule has 2 aromatic carbocycles. The molecule has 0 bridgehead atoms. The lowest BCUT2D eigenvalue weighted by molar-refractivity contribution is 0.0713. The van der Waals surface area contributed by atoms with Gasteiger partial charge in [-0.15, -0.1) is 0 Å². The molecule has 33 heavy (non-hydrogen) atoms. The summed E-state index contributed by atoms with van der Waals surface area (Å²) in [7, 11) is 1.68. The molecule has 168 valence electrons. The molecule has 3 heterocycles. The van der Waals surface area contributed by atoms with E-state index in [2.05, 4.69) is 5.16 Å². The van der Waals surface area contributed by atoms with Crippen molar-refractivity contribution in [1.29, 1.82) is 0 Å². The molecule has 0 fully saturated rings. The number of amides is 1. The number of allylic oxidation sites excluding steroid dienone is 1. The lowest BCUT2D eigenvalue weighted by atomic mass is 9.83. The number of halogens is 3. The Balaban J connectivity index is 1.47. The Bertz CT molecular complexity index is 1300. The molecule has 2 aliphatic rings. The number of hydrogen-bond acceptors (Lipinski definition) is 4. The van der Waals surface area contributed by atoms with Crippen molar-refractivity contribution >= 4 is 5.91 Å². The van der Waals surface area contributed by atoms with E-state index in [1.54, 1.807) is 18.0 Å². The van der Waals surface area contributed by atoms with Crippen molar-refractivity contribution in [3.8, 4) is 11.3 Å². The minimum atomic E-state index is -0.812. The Kier molecular flexibility index (Phi) is 5.28. The molecule has 0 saturated heterocycles. The zero-order valence-corrected chi connectivity index (χ0v) is 17.8. The molecule has 0 saturated carbocycles. The molecule has 8 heteroatoms. The standard InChI is InChI=1S/C25H20F3N3O2/c1-30-10-4-7-18(24(30)28)20-14-31(13-15-5-2-3-6-17(15)20)25(32)22-12-23(33-29-22)19-9-8-16(26)11-21(19)27/h2-9,11-12,20H,10,13-14H2,1H3. The number of hydrogen-bond donors (Lipinski definition) is 0. The largest absolute Gasteiger partial charge is 0.355 e. The lowest BCUT2D eigenvalue weighted by Crippen LogP contribution is -2.39. The molecule has 0 N–H and O–H groups in total. The topological polar surface area (TPSA) is 49.6 Å². The van der Waals surface area contributed by atoms with E-state index in [-0.39, 0.29) is 35.4 Å². The highest BCUT2D eigenvalue weighted by Gasteiger charge is 2.34. The van der Waals surface area contributed by atoms with Crippen LogP contribution < -0.4 is 0 Å². The van der Waals surface area contributed by atoms with Gasteiger partial charge in [-0.3, -0.25) is 4.79 Å². The summed E-state index contributed by atoms with van der Waals surface area (Å²) in [6.07, 6.45) is 3.67. The van der Waals surface area contributed by atoms with Gasteiger partial charge >= 0.3 is 0 Å². The van der Waals surface area contributed by atoms with Crippen LogP contribution >= 0.6 is 0 Å². The van der Waals surface area contributed by atoms with E-state index in [9.17, 15) is 18.0 Å².